The smallest absolute Gasteiger partial charge is 0.129 e. The van der Waals surface area contributed by atoms with Crippen LogP contribution in [0, 0.1) is 6.92 Å². The standard InChI is InChI=1S/C10H10BrNO/c1-6-10(11)9-7(12-6)4-3-5-8(9)13-2/h3-5,12H,1-2H3. The molecule has 0 unspecified atom stereocenters. The van der Waals surface area contributed by atoms with Gasteiger partial charge >= 0.3 is 0 Å². The van der Waals surface area contributed by atoms with Crippen molar-refractivity contribution in [3.8, 4) is 5.75 Å². The molecule has 2 aromatic rings. The first-order valence-corrected chi connectivity index (χ1v) is 4.84. The maximum atomic E-state index is 5.27. The van der Waals surface area contributed by atoms with Crippen molar-refractivity contribution in [2.24, 2.45) is 0 Å². The number of methoxy groups -OCH3 is 1. The van der Waals surface area contributed by atoms with Crippen molar-refractivity contribution in [1.29, 1.82) is 0 Å². The Bertz CT molecular complexity index is 447. The van der Waals surface area contributed by atoms with Gasteiger partial charge < -0.3 is 9.72 Å². The third-order valence-corrected chi connectivity index (χ3v) is 3.11. The molecule has 2 nitrogen and oxygen atoms in total. The maximum Gasteiger partial charge on any atom is 0.129 e. The van der Waals surface area contributed by atoms with E-state index in [4.69, 9.17) is 4.74 Å². The molecule has 0 aliphatic rings. The molecule has 1 heterocycles. The second kappa shape index (κ2) is 3.07. The number of nitrogens with one attached hydrogen (secondary N) is 1. The van der Waals surface area contributed by atoms with E-state index < -0.39 is 0 Å². The molecule has 1 N–H and O–H groups in total. The van der Waals surface area contributed by atoms with Crippen LogP contribution < -0.4 is 4.74 Å². The van der Waals surface area contributed by atoms with Crippen molar-refractivity contribution in [1.82, 2.24) is 4.98 Å². The molecule has 68 valence electrons. The topological polar surface area (TPSA) is 25.0 Å². The van der Waals surface area contributed by atoms with E-state index in [1.165, 1.54) is 0 Å². The van der Waals surface area contributed by atoms with Gasteiger partial charge in [0.15, 0.2) is 0 Å². The molecular weight excluding hydrogens is 230 g/mol. The molecule has 1 aromatic heterocycles. The van der Waals surface area contributed by atoms with Gasteiger partial charge in [0.1, 0.15) is 5.75 Å². The first-order valence-electron chi connectivity index (χ1n) is 4.05. The van der Waals surface area contributed by atoms with Crippen LogP contribution >= 0.6 is 15.9 Å². The zero-order valence-electron chi connectivity index (χ0n) is 7.52. The van der Waals surface area contributed by atoms with Gasteiger partial charge in [-0.1, -0.05) is 6.07 Å². The SMILES string of the molecule is COc1cccc2[nH]c(C)c(Br)c12. The fraction of sp³-hybridized carbons (Fsp3) is 0.200. The minimum atomic E-state index is 0.897. The fourth-order valence-corrected chi connectivity index (χ4v) is 1.98. The van der Waals surface area contributed by atoms with E-state index >= 15 is 0 Å². The monoisotopic (exact) mass is 239 g/mol. The van der Waals surface area contributed by atoms with E-state index in [0.29, 0.717) is 0 Å². The highest BCUT2D eigenvalue weighted by Crippen LogP contribution is 2.34. The average molecular weight is 240 g/mol. The summed E-state index contributed by atoms with van der Waals surface area (Å²) in [5.41, 5.74) is 2.23. The third-order valence-electron chi connectivity index (χ3n) is 2.12. The lowest BCUT2D eigenvalue weighted by Crippen LogP contribution is -1.82. The van der Waals surface area contributed by atoms with Crippen molar-refractivity contribution in [2.45, 2.75) is 6.92 Å². The van der Waals surface area contributed by atoms with Crippen LogP contribution in [0.25, 0.3) is 10.9 Å². The number of halogens is 1. The molecule has 1 aromatic carbocycles. The number of rotatable bonds is 1. The van der Waals surface area contributed by atoms with Crippen LogP contribution in [-0.4, -0.2) is 12.1 Å². The molecule has 0 aliphatic carbocycles. The first-order chi connectivity index (χ1) is 6.24. The summed E-state index contributed by atoms with van der Waals surface area (Å²) in [7, 11) is 1.68. The second-order valence-electron chi connectivity index (χ2n) is 2.95. The lowest BCUT2D eigenvalue weighted by atomic mass is 10.2. The molecule has 0 atom stereocenters. The number of aryl methyl sites for hydroxylation is 1. The van der Waals surface area contributed by atoms with E-state index in [2.05, 4.69) is 20.9 Å². The molecule has 3 heteroatoms. The number of fused-ring (bicyclic) bond motifs is 1. The Balaban J connectivity index is 2.87. The minimum Gasteiger partial charge on any atom is -0.496 e. The summed E-state index contributed by atoms with van der Waals surface area (Å²) in [6.07, 6.45) is 0. The van der Waals surface area contributed by atoms with Gasteiger partial charge in [-0.2, -0.15) is 0 Å². The Morgan fingerprint density at radius 2 is 2.15 bits per heavy atom. The predicted octanol–water partition coefficient (Wildman–Crippen LogP) is 3.25. The van der Waals surface area contributed by atoms with Gasteiger partial charge in [0.2, 0.25) is 0 Å². The van der Waals surface area contributed by atoms with Gasteiger partial charge in [-0.25, -0.2) is 0 Å². The molecule has 0 saturated heterocycles. The van der Waals surface area contributed by atoms with Gasteiger partial charge in [0.05, 0.1) is 18.0 Å². The summed E-state index contributed by atoms with van der Waals surface area (Å²) >= 11 is 3.53. The fourth-order valence-electron chi connectivity index (χ4n) is 1.48. The summed E-state index contributed by atoms with van der Waals surface area (Å²) in [5.74, 6) is 0.897. The first kappa shape index (κ1) is 8.63. The van der Waals surface area contributed by atoms with Crippen LogP contribution in [0.1, 0.15) is 5.69 Å². The van der Waals surface area contributed by atoms with Crippen LogP contribution in [0.3, 0.4) is 0 Å². The van der Waals surface area contributed by atoms with Crippen LogP contribution in [0.2, 0.25) is 0 Å². The Morgan fingerprint density at radius 3 is 2.85 bits per heavy atom. The summed E-state index contributed by atoms with van der Waals surface area (Å²) in [4.78, 5) is 3.27. The highest BCUT2D eigenvalue weighted by Gasteiger charge is 2.09. The average Bonchev–Trinajstić information content (AvgIpc) is 2.43. The Morgan fingerprint density at radius 1 is 1.38 bits per heavy atom. The van der Waals surface area contributed by atoms with Gasteiger partial charge in [-0.15, -0.1) is 0 Å². The number of ether oxygens (including phenoxy) is 1. The number of benzene rings is 1. The molecule has 13 heavy (non-hydrogen) atoms. The van der Waals surface area contributed by atoms with Crippen LogP contribution in [0.4, 0.5) is 0 Å². The lowest BCUT2D eigenvalue weighted by Gasteiger charge is -2.00. The van der Waals surface area contributed by atoms with E-state index in [1.807, 2.05) is 25.1 Å². The Hall–Kier alpha value is -0.960. The molecule has 0 spiro atoms. The van der Waals surface area contributed by atoms with Crippen molar-refractivity contribution in [3.63, 3.8) is 0 Å². The lowest BCUT2D eigenvalue weighted by molar-refractivity contribution is 0.419. The number of hydrogen-bond donors (Lipinski definition) is 1. The molecule has 0 amide bonds. The largest absolute Gasteiger partial charge is 0.496 e. The number of H-pyrrole nitrogens is 1. The Kier molecular flexibility index (Phi) is 2.04. The van der Waals surface area contributed by atoms with Gasteiger partial charge in [0.25, 0.3) is 0 Å². The van der Waals surface area contributed by atoms with Gasteiger partial charge in [0, 0.05) is 10.2 Å². The van der Waals surface area contributed by atoms with Crippen molar-refractivity contribution < 1.29 is 4.74 Å². The summed E-state index contributed by atoms with van der Waals surface area (Å²) in [6.45, 7) is 2.03. The predicted molar refractivity (Wildman–Crippen MR) is 57.3 cm³/mol. The maximum absolute atomic E-state index is 5.27. The van der Waals surface area contributed by atoms with E-state index in [1.54, 1.807) is 7.11 Å². The molecule has 0 aliphatic heterocycles. The molecular formula is C10H10BrNO. The van der Waals surface area contributed by atoms with Crippen LogP contribution in [0.15, 0.2) is 22.7 Å². The second-order valence-corrected chi connectivity index (χ2v) is 3.74. The molecule has 0 fully saturated rings. The molecule has 0 bridgehead atoms. The zero-order chi connectivity index (χ0) is 9.42. The van der Waals surface area contributed by atoms with Gasteiger partial charge in [-0.05, 0) is 35.0 Å². The summed E-state index contributed by atoms with van der Waals surface area (Å²) in [5, 5.41) is 1.11. The van der Waals surface area contributed by atoms with Crippen molar-refractivity contribution in [3.05, 3.63) is 28.4 Å². The van der Waals surface area contributed by atoms with E-state index in [0.717, 1.165) is 26.8 Å². The molecule has 2 rings (SSSR count). The van der Waals surface area contributed by atoms with Gasteiger partial charge in [-0.3, -0.25) is 0 Å². The van der Waals surface area contributed by atoms with Crippen LogP contribution in [-0.2, 0) is 0 Å². The quantitative estimate of drug-likeness (QED) is 0.813. The zero-order valence-corrected chi connectivity index (χ0v) is 9.10. The Labute approximate surface area is 85.0 Å². The van der Waals surface area contributed by atoms with E-state index in [9.17, 15) is 0 Å². The highest BCUT2D eigenvalue weighted by atomic mass is 79.9. The summed E-state index contributed by atoms with van der Waals surface area (Å²) in [6, 6.07) is 5.97. The number of hydrogen-bond acceptors (Lipinski definition) is 1. The number of aromatic amines is 1. The van der Waals surface area contributed by atoms with Crippen molar-refractivity contribution >= 4 is 26.8 Å². The third kappa shape index (κ3) is 1.23. The molecule has 0 saturated carbocycles. The number of aromatic nitrogens is 1. The normalized spacial score (nSPS) is 10.7. The molecule has 0 radical (unpaired) electrons. The van der Waals surface area contributed by atoms with Crippen molar-refractivity contribution in [2.75, 3.05) is 7.11 Å². The highest BCUT2D eigenvalue weighted by molar-refractivity contribution is 9.10. The van der Waals surface area contributed by atoms with E-state index in [-0.39, 0.29) is 0 Å². The summed E-state index contributed by atoms with van der Waals surface area (Å²) < 4.78 is 6.35. The van der Waals surface area contributed by atoms with Crippen LogP contribution in [0.5, 0.6) is 5.75 Å². The minimum absolute atomic E-state index is 0.897.